The minimum Gasteiger partial charge on any atom is -0.493 e. The topological polar surface area (TPSA) is 46.6 Å². The zero-order valence-corrected chi connectivity index (χ0v) is 15.0. The lowest BCUT2D eigenvalue weighted by atomic mass is 9.99. The number of hydrogen-bond donors (Lipinski definition) is 0. The van der Waals surface area contributed by atoms with Gasteiger partial charge in [-0.2, -0.15) is 4.31 Å². The van der Waals surface area contributed by atoms with E-state index >= 15 is 0 Å². The minimum absolute atomic E-state index is 0.142. The summed E-state index contributed by atoms with van der Waals surface area (Å²) in [6, 6.07) is 12.9. The number of nitrogens with zero attached hydrogens (tertiary/aromatic N) is 1. The highest BCUT2D eigenvalue weighted by atomic mass is 32.2. The van der Waals surface area contributed by atoms with Gasteiger partial charge in [0.05, 0.1) is 11.5 Å². The normalized spacial score (nSPS) is 16.7. The predicted molar refractivity (Wildman–Crippen MR) is 94.6 cm³/mol. The van der Waals surface area contributed by atoms with E-state index in [1.165, 1.54) is 28.6 Å². The second kappa shape index (κ2) is 7.54. The SMILES string of the molecule is Cc1ccccc1OCC1CCN(S(=O)(=O)c2ccc(F)cc2)CC1. The van der Waals surface area contributed by atoms with Crippen molar-refractivity contribution in [2.24, 2.45) is 5.92 Å². The lowest BCUT2D eigenvalue weighted by Crippen LogP contribution is -2.39. The van der Waals surface area contributed by atoms with Gasteiger partial charge in [-0.3, -0.25) is 0 Å². The van der Waals surface area contributed by atoms with Gasteiger partial charge >= 0.3 is 0 Å². The third kappa shape index (κ3) is 4.19. The Labute approximate surface area is 148 Å². The van der Waals surface area contributed by atoms with Gasteiger partial charge in [0.25, 0.3) is 0 Å². The smallest absolute Gasteiger partial charge is 0.243 e. The average Bonchev–Trinajstić information content (AvgIpc) is 2.62. The maximum absolute atomic E-state index is 13.0. The largest absolute Gasteiger partial charge is 0.493 e. The summed E-state index contributed by atoms with van der Waals surface area (Å²) in [5.74, 6) is 0.772. The fourth-order valence-corrected chi connectivity index (χ4v) is 4.47. The molecule has 6 heteroatoms. The summed E-state index contributed by atoms with van der Waals surface area (Å²) in [6.07, 6.45) is 1.51. The molecule has 134 valence electrons. The average molecular weight is 363 g/mol. The van der Waals surface area contributed by atoms with Crippen molar-refractivity contribution in [1.29, 1.82) is 0 Å². The zero-order chi connectivity index (χ0) is 17.9. The van der Waals surface area contributed by atoms with E-state index in [1.807, 2.05) is 31.2 Å². The maximum Gasteiger partial charge on any atom is 0.243 e. The van der Waals surface area contributed by atoms with Crippen LogP contribution in [0.3, 0.4) is 0 Å². The Morgan fingerprint density at radius 1 is 1.08 bits per heavy atom. The van der Waals surface area contributed by atoms with Gasteiger partial charge in [-0.25, -0.2) is 12.8 Å². The Morgan fingerprint density at radius 3 is 2.36 bits per heavy atom. The van der Waals surface area contributed by atoms with Gasteiger partial charge in [0.1, 0.15) is 11.6 Å². The number of para-hydroxylation sites is 1. The number of benzene rings is 2. The number of sulfonamides is 1. The van der Waals surface area contributed by atoms with Crippen molar-refractivity contribution in [3.8, 4) is 5.75 Å². The summed E-state index contributed by atoms with van der Waals surface area (Å²) in [5.41, 5.74) is 1.10. The fraction of sp³-hybridized carbons (Fsp3) is 0.368. The highest BCUT2D eigenvalue weighted by Gasteiger charge is 2.29. The second-order valence-corrected chi connectivity index (χ2v) is 8.32. The van der Waals surface area contributed by atoms with Crippen LogP contribution in [0.25, 0.3) is 0 Å². The molecule has 0 bridgehead atoms. The predicted octanol–water partition coefficient (Wildman–Crippen LogP) is 3.61. The van der Waals surface area contributed by atoms with Crippen LogP contribution in [0.5, 0.6) is 5.75 Å². The Bertz CT molecular complexity index is 813. The molecule has 1 fully saturated rings. The van der Waals surface area contributed by atoms with E-state index in [0.717, 1.165) is 24.2 Å². The number of halogens is 1. The van der Waals surface area contributed by atoms with E-state index in [2.05, 4.69) is 0 Å². The van der Waals surface area contributed by atoms with Crippen LogP contribution in [0.2, 0.25) is 0 Å². The maximum atomic E-state index is 13.0. The monoisotopic (exact) mass is 363 g/mol. The van der Waals surface area contributed by atoms with Gasteiger partial charge < -0.3 is 4.74 Å². The molecule has 0 aromatic heterocycles. The van der Waals surface area contributed by atoms with Gasteiger partial charge in [-0.05, 0) is 61.6 Å². The molecule has 2 aromatic carbocycles. The molecule has 0 spiro atoms. The third-order valence-corrected chi connectivity index (χ3v) is 6.51. The van der Waals surface area contributed by atoms with E-state index in [4.69, 9.17) is 4.74 Å². The fourth-order valence-electron chi connectivity index (χ4n) is 3.00. The third-order valence-electron chi connectivity index (χ3n) is 4.59. The van der Waals surface area contributed by atoms with E-state index in [0.29, 0.717) is 25.6 Å². The molecule has 0 amide bonds. The minimum atomic E-state index is -3.55. The number of piperidine rings is 1. The number of ether oxygens (including phenoxy) is 1. The van der Waals surface area contributed by atoms with Crippen molar-refractivity contribution in [3.05, 3.63) is 59.9 Å². The second-order valence-electron chi connectivity index (χ2n) is 6.38. The highest BCUT2D eigenvalue weighted by Crippen LogP contribution is 2.25. The van der Waals surface area contributed by atoms with Crippen LogP contribution in [0, 0.1) is 18.7 Å². The van der Waals surface area contributed by atoms with Crippen molar-refractivity contribution in [1.82, 2.24) is 4.31 Å². The molecule has 1 heterocycles. The van der Waals surface area contributed by atoms with Crippen molar-refractivity contribution in [3.63, 3.8) is 0 Å². The van der Waals surface area contributed by atoms with E-state index in [1.54, 1.807) is 0 Å². The molecule has 1 aliphatic heterocycles. The zero-order valence-electron chi connectivity index (χ0n) is 14.2. The van der Waals surface area contributed by atoms with Gasteiger partial charge in [-0.15, -0.1) is 0 Å². The van der Waals surface area contributed by atoms with Gasteiger partial charge in [0, 0.05) is 13.1 Å². The van der Waals surface area contributed by atoms with Crippen LogP contribution in [0.4, 0.5) is 4.39 Å². The summed E-state index contributed by atoms with van der Waals surface area (Å²) in [4.78, 5) is 0.142. The van der Waals surface area contributed by atoms with Crippen molar-refractivity contribution >= 4 is 10.0 Å². The Kier molecular flexibility index (Phi) is 5.39. The van der Waals surface area contributed by atoms with Crippen LogP contribution >= 0.6 is 0 Å². The van der Waals surface area contributed by atoms with Gasteiger partial charge in [0.2, 0.25) is 10.0 Å². The first-order valence-electron chi connectivity index (χ1n) is 8.41. The molecule has 2 aromatic rings. The molecular formula is C19H22FNO3S. The molecule has 0 N–H and O–H groups in total. The summed E-state index contributed by atoms with van der Waals surface area (Å²) >= 11 is 0. The Morgan fingerprint density at radius 2 is 1.72 bits per heavy atom. The summed E-state index contributed by atoms with van der Waals surface area (Å²) < 4.78 is 45.6. The molecule has 0 atom stereocenters. The molecule has 3 rings (SSSR count). The van der Waals surface area contributed by atoms with Crippen molar-refractivity contribution in [2.45, 2.75) is 24.7 Å². The number of rotatable bonds is 5. The molecule has 4 nitrogen and oxygen atoms in total. The summed E-state index contributed by atoms with van der Waals surface area (Å²) in [6.45, 7) is 3.52. The molecular weight excluding hydrogens is 341 g/mol. The van der Waals surface area contributed by atoms with Crippen LogP contribution in [0.1, 0.15) is 18.4 Å². The van der Waals surface area contributed by atoms with Gasteiger partial charge in [0.15, 0.2) is 0 Å². The first-order chi connectivity index (χ1) is 12.0. The quantitative estimate of drug-likeness (QED) is 0.815. The first-order valence-corrected chi connectivity index (χ1v) is 9.85. The molecule has 25 heavy (non-hydrogen) atoms. The number of aryl methyl sites for hydroxylation is 1. The van der Waals surface area contributed by atoms with E-state index in [9.17, 15) is 12.8 Å². The van der Waals surface area contributed by atoms with Crippen LogP contribution < -0.4 is 4.74 Å². The lowest BCUT2D eigenvalue weighted by molar-refractivity contribution is 0.184. The van der Waals surface area contributed by atoms with Crippen molar-refractivity contribution < 1.29 is 17.5 Å². The molecule has 0 unspecified atom stereocenters. The molecule has 0 aliphatic carbocycles. The Balaban J connectivity index is 1.56. The van der Waals surface area contributed by atoms with Crippen molar-refractivity contribution in [2.75, 3.05) is 19.7 Å². The molecule has 0 radical (unpaired) electrons. The van der Waals surface area contributed by atoms with E-state index < -0.39 is 15.8 Å². The molecule has 0 saturated carbocycles. The molecule has 1 saturated heterocycles. The van der Waals surface area contributed by atoms with Crippen LogP contribution in [-0.4, -0.2) is 32.4 Å². The lowest BCUT2D eigenvalue weighted by Gasteiger charge is -2.31. The van der Waals surface area contributed by atoms with E-state index in [-0.39, 0.29) is 4.90 Å². The standard InChI is InChI=1S/C19H22FNO3S/c1-15-4-2-3-5-19(15)24-14-16-10-12-21(13-11-16)25(22,23)18-8-6-17(20)7-9-18/h2-9,16H,10-14H2,1H3. The molecule has 1 aliphatic rings. The van der Waals surface area contributed by atoms with Crippen LogP contribution in [-0.2, 0) is 10.0 Å². The first kappa shape index (κ1) is 17.9. The summed E-state index contributed by atoms with van der Waals surface area (Å²) in [5, 5.41) is 0. The highest BCUT2D eigenvalue weighted by molar-refractivity contribution is 7.89. The number of hydrogen-bond acceptors (Lipinski definition) is 3. The summed E-state index contributed by atoms with van der Waals surface area (Å²) in [7, 11) is -3.55. The van der Waals surface area contributed by atoms with Gasteiger partial charge in [-0.1, -0.05) is 18.2 Å². The van der Waals surface area contributed by atoms with Crippen LogP contribution in [0.15, 0.2) is 53.4 Å². The Hall–Kier alpha value is -1.92.